The second-order valence-corrected chi connectivity index (χ2v) is 6.44. The summed E-state index contributed by atoms with van der Waals surface area (Å²) in [5.41, 5.74) is 6.47. The van der Waals surface area contributed by atoms with Gasteiger partial charge >= 0.3 is 11.9 Å². The number of ether oxygens (including phenoxy) is 2. The molecule has 1 unspecified atom stereocenters. The number of hydrogen-bond donors (Lipinski definition) is 2. The van der Waals surface area contributed by atoms with Gasteiger partial charge in [-0.25, -0.2) is 9.59 Å². The maximum atomic E-state index is 12.4. The van der Waals surface area contributed by atoms with E-state index in [1.54, 1.807) is 19.9 Å². The lowest BCUT2D eigenvalue weighted by Gasteiger charge is -2.27. The van der Waals surface area contributed by atoms with Gasteiger partial charge in [-0.15, -0.1) is 0 Å². The summed E-state index contributed by atoms with van der Waals surface area (Å²) in [4.78, 5) is 23.8. The summed E-state index contributed by atoms with van der Waals surface area (Å²) in [5, 5.41) is 18.8. The van der Waals surface area contributed by atoms with E-state index in [1.807, 2.05) is 28.7 Å². The number of esters is 1. The van der Waals surface area contributed by atoms with E-state index in [9.17, 15) is 20.0 Å². The summed E-state index contributed by atoms with van der Waals surface area (Å²) in [5.74, 6) is -2.50. The first kappa shape index (κ1) is 18.8. The Morgan fingerprint density at radius 2 is 2.12 bits per heavy atom. The number of hydrogen-bond acceptors (Lipinski definition) is 6. The number of aromatic carboxylic acids is 1. The predicted octanol–water partition coefficient (Wildman–Crippen LogP) is 2.63. The molecule has 0 aliphatic carbocycles. The molecule has 0 saturated heterocycles. The number of halogens is 1. The third kappa shape index (κ3) is 3.76. The maximum Gasteiger partial charge on any atom is 0.338 e. The van der Waals surface area contributed by atoms with Crippen LogP contribution in [0.1, 0.15) is 35.7 Å². The van der Waals surface area contributed by atoms with Gasteiger partial charge in [-0.3, -0.25) is 0 Å². The van der Waals surface area contributed by atoms with Crippen LogP contribution in [0.5, 0.6) is 0 Å². The number of allylic oxidation sites excluding steroid dienone is 2. The quantitative estimate of drug-likeness (QED) is 0.530. The fourth-order valence-corrected chi connectivity index (χ4v) is 3.29. The lowest BCUT2D eigenvalue weighted by Crippen LogP contribution is -2.25. The highest BCUT2D eigenvalue weighted by Crippen LogP contribution is 2.40. The molecule has 0 spiro atoms. The van der Waals surface area contributed by atoms with Crippen molar-refractivity contribution in [3.63, 3.8) is 0 Å². The van der Waals surface area contributed by atoms with Crippen LogP contribution in [-0.2, 0) is 14.3 Å². The monoisotopic (exact) mass is 454 g/mol. The molecule has 130 valence electrons. The van der Waals surface area contributed by atoms with Gasteiger partial charge in [0.05, 0.1) is 23.7 Å². The molecule has 3 N–H and O–H groups in total. The zero-order chi connectivity index (χ0) is 18.7. The van der Waals surface area contributed by atoms with Gasteiger partial charge in [-0.1, -0.05) is 0 Å². The first-order valence-electron chi connectivity index (χ1n) is 7.29. The van der Waals surface area contributed by atoms with E-state index in [-0.39, 0.29) is 35.0 Å². The van der Waals surface area contributed by atoms with Crippen molar-refractivity contribution in [1.29, 1.82) is 5.26 Å². The molecule has 7 nitrogen and oxygen atoms in total. The lowest BCUT2D eigenvalue weighted by atomic mass is 9.82. The molecule has 1 aliphatic heterocycles. The summed E-state index contributed by atoms with van der Waals surface area (Å²) in [6, 6.07) is 6.56. The molecular weight excluding hydrogens is 439 g/mol. The zero-order valence-corrected chi connectivity index (χ0v) is 15.7. The number of benzene rings is 1. The first-order chi connectivity index (χ1) is 11.8. The topological polar surface area (TPSA) is 123 Å². The van der Waals surface area contributed by atoms with Crippen LogP contribution >= 0.6 is 22.6 Å². The average molecular weight is 454 g/mol. The van der Waals surface area contributed by atoms with E-state index in [0.717, 1.165) is 0 Å². The lowest BCUT2D eigenvalue weighted by molar-refractivity contribution is -0.139. The summed E-state index contributed by atoms with van der Waals surface area (Å²) in [6.07, 6.45) is 0. The molecule has 1 aromatic rings. The van der Waals surface area contributed by atoms with Gasteiger partial charge in [0.2, 0.25) is 5.88 Å². The zero-order valence-electron chi connectivity index (χ0n) is 13.5. The second-order valence-electron chi connectivity index (χ2n) is 5.19. The highest BCUT2D eigenvalue weighted by molar-refractivity contribution is 14.1. The van der Waals surface area contributed by atoms with E-state index in [0.29, 0.717) is 9.13 Å². The summed E-state index contributed by atoms with van der Waals surface area (Å²) in [7, 11) is 0. The number of carbonyl (C=O) groups excluding carboxylic acids is 1. The van der Waals surface area contributed by atoms with E-state index in [2.05, 4.69) is 0 Å². The van der Waals surface area contributed by atoms with Gasteiger partial charge in [0.1, 0.15) is 17.4 Å². The normalized spacial score (nSPS) is 17.0. The molecule has 1 atom stereocenters. The largest absolute Gasteiger partial charge is 0.478 e. The molecule has 0 fully saturated rings. The van der Waals surface area contributed by atoms with Gasteiger partial charge in [-0.2, -0.15) is 5.26 Å². The van der Waals surface area contributed by atoms with Crippen LogP contribution in [0.4, 0.5) is 0 Å². The summed E-state index contributed by atoms with van der Waals surface area (Å²) < 4.78 is 11.0. The number of rotatable bonds is 4. The van der Waals surface area contributed by atoms with Gasteiger partial charge < -0.3 is 20.3 Å². The van der Waals surface area contributed by atoms with Crippen molar-refractivity contribution >= 4 is 34.5 Å². The molecule has 0 amide bonds. The van der Waals surface area contributed by atoms with Crippen molar-refractivity contribution in [1.82, 2.24) is 0 Å². The molecule has 0 saturated carbocycles. The van der Waals surface area contributed by atoms with E-state index >= 15 is 0 Å². The Labute approximate surface area is 157 Å². The van der Waals surface area contributed by atoms with E-state index in [4.69, 9.17) is 15.2 Å². The Hall–Kier alpha value is -2.54. The average Bonchev–Trinajstić information content (AvgIpc) is 2.53. The summed E-state index contributed by atoms with van der Waals surface area (Å²) in [6.45, 7) is 3.36. The number of carboxylic acid groups (broad SMARTS) is 1. The molecule has 1 aromatic carbocycles. The number of nitriles is 1. The van der Waals surface area contributed by atoms with Gasteiger partial charge in [0.15, 0.2) is 0 Å². The van der Waals surface area contributed by atoms with Crippen molar-refractivity contribution in [2.75, 3.05) is 6.61 Å². The van der Waals surface area contributed by atoms with Gasteiger partial charge in [-0.05, 0) is 60.2 Å². The number of carboxylic acids is 1. The first-order valence-corrected chi connectivity index (χ1v) is 8.37. The minimum Gasteiger partial charge on any atom is -0.478 e. The fourth-order valence-electron chi connectivity index (χ4n) is 2.59. The van der Waals surface area contributed by atoms with Crippen LogP contribution in [0.2, 0.25) is 0 Å². The van der Waals surface area contributed by atoms with Gasteiger partial charge in [0.25, 0.3) is 0 Å². The second kappa shape index (κ2) is 7.57. The molecule has 1 aliphatic rings. The minimum absolute atomic E-state index is 0.0343. The highest BCUT2D eigenvalue weighted by atomic mass is 127. The fraction of sp³-hybridized carbons (Fsp3) is 0.235. The Bertz CT molecular complexity index is 851. The van der Waals surface area contributed by atoms with Crippen LogP contribution < -0.4 is 5.73 Å². The number of carbonyl (C=O) groups is 2. The Morgan fingerprint density at radius 3 is 2.68 bits per heavy atom. The van der Waals surface area contributed by atoms with E-state index < -0.39 is 17.9 Å². The molecule has 25 heavy (non-hydrogen) atoms. The number of nitrogens with zero attached hydrogens (tertiary/aromatic N) is 1. The smallest absolute Gasteiger partial charge is 0.338 e. The third-order valence-electron chi connectivity index (χ3n) is 3.60. The van der Waals surface area contributed by atoms with E-state index in [1.165, 1.54) is 12.1 Å². The third-order valence-corrected chi connectivity index (χ3v) is 4.22. The van der Waals surface area contributed by atoms with Crippen LogP contribution in [0.25, 0.3) is 0 Å². The minimum atomic E-state index is -1.11. The Morgan fingerprint density at radius 1 is 1.44 bits per heavy atom. The predicted molar refractivity (Wildman–Crippen MR) is 96.1 cm³/mol. The van der Waals surface area contributed by atoms with Crippen LogP contribution in [-0.4, -0.2) is 23.7 Å². The van der Waals surface area contributed by atoms with Crippen molar-refractivity contribution in [3.8, 4) is 6.07 Å². The standard InChI is InChI=1S/C17H15IN2O5/c1-3-24-17(23)13-8(2)25-15(20)12(7-19)14(13)9-4-10(16(21)22)6-11(18)5-9/h4-6,14H,3,20H2,1-2H3,(H,21,22). The van der Waals surface area contributed by atoms with Crippen LogP contribution in [0.15, 0.2) is 41.0 Å². The molecular formula is C17H15IN2O5. The van der Waals surface area contributed by atoms with Crippen molar-refractivity contribution in [2.24, 2.45) is 5.73 Å². The molecule has 1 heterocycles. The molecule has 2 rings (SSSR count). The maximum absolute atomic E-state index is 12.4. The van der Waals surface area contributed by atoms with Crippen LogP contribution in [0.3, 0.4) is 0 Å². The molecule has 0 bridgehead atoms. The van der Waals surface area contributed by atoms with Gasteiger partial charge in [0, 0.05) is 3.57 Å². The van der Waals surface area contributed by atoms with Crippen molar-refractivity contribution < 1.29 is 24.2 Å². The number of nitrogens with two attached hydrogens (primary N) is 1. The molecule has 8 heteroatoms. The Kier molecular flexibility index (Phi) is 5.69. The SMILES string of the molecule is CCOC(=O)C1=C(C)OC(N)=C(C#N)C1c1cc(I)cc(C(=O)O)c1. The van der Waals surface area contributed by atoms with Crippen LogP contribution in [0, 0.1) is 14.9 Å². The highest BCUT2D eigenvalue weighted by Gasteiger charge is 2.36. The molecule has 0 aromatic heterocycles. The van der Waals surface area contributed by atoms with Crippen molar-refractivity contribution in [3.05, 3.63) is 55.7 Å². The van der Waals surface area contributed by atoms with Crippen molar-refractivity contribution in [2.45, 2.75) is 19.8 Å². The molecule has 0 radical (unpaired) electrons. The Balaban J connectivity index is 2.71. The summed E-state index contributed by atoms with van der Waals surface area (Å²) >= 11 is 1.97.